The fourth-order valence-electron chi connectivity index (χ4n) is 3.27. The molecule has 4 rings (SSSR count). The van der Waals surface area contributed by atoms with Gasteiger partial charge in [0.05, 0.1) is 12.6 Å². The molecule has 1 aliphatic rings. The first-order chi connectivity index (χ1) is 13.3. The van der Waals surface area contributed by atoms with Crippen molar-refractivity contribution in [3.8, 4) is 11.7 Å². The van der Waals surface area contributed by atoms with Crippen LogP contribution in [0.25, 0.3) is 0 Å². The highest BCUT2D eigenvalue weighted by atomic mass is 16.6. The van der Waals surface area contributed by atoms with Gasteiger partial charge in [0.1, 0.15) is 11.5 Å². The van der Waals surface area contributed by atoms with Gasteiger partial charge in [0.15, 0.2) is 5.82 Å². The first kappa shape index (κ1) is 17.8. The minimum absolute atomic E-state index is 0.0290. The fourth-order valence-corrected chi connectivity index (χ4v) is 3.27. The number of benzene rings is 1. The summed E-state index contributed by atoms with van der Waals surface area (Å²) in [4.78, 5) is 4.42. The van der Waals surface area contributed by atoms with E-state index < -0.39 is 0 Å². The molecule has 7 heteroatoms. The average Bonchev–Trinajstić information content (AvgIpc) is 3.33. The van der Waals surface area contributed by atoms with E-state index >= 15 is 0 Å². The average molecular weight is 369 g/mol. The molecule has 0 amide bonds. The Labute approximate surface area is 157 Å². The lowest BCUT2D eigenvalue weighted by Gasteiger charge is -2.28. The van der Waals surface area contributed by atoms with Gasteiger partial charge in [0.25, 0.3) is 5.95 Å². The first-order valence-electron chi connectivity index (χ1n) is 9.21. The molecule has 1 saturated heterocycles. The molecule has 7 nitrogen and oxygen atoms in total. The lowest BCUT2D eigenvalue weighted by molar-refractivity contribution is 0.0482. The van der Waals surface area contributed by atoms with Crippen molar-refractivity contribution in [2.45, 2.75) is 32.4 Å². The highest BCUT2D eigenvalue weighted by Gasteiger charge is 2.29. The van der Waals surface area contributed by atoms with Gasteiger partial charge in [-0.05, 0) is 43.9 Å². The number of aromatic nitrogens is 2. The molecule has 1 aliphatic heterocycles. The van der Waals surface area contributed by atoms with E-state index in [-0.39, 0.29) is 6.04 Å². The zero-order valence-corrected chi connectivity index (χ0v) is 15.3. The first-order valence-corrected chi connectivity index (χ1v) is 9.21. The highest BCUT2D eigenvalue weighted by molar-refractivity contribution is 5.26. The summed E-state index contributed by atoms with van der Waals surface area (Å²) in [7, 11) is 0. The molecule has 142 valence electrons. The minimum Gasteiger partial charge on any atom is -0.429 e. The van der Waals surface area contributed by atoms with E-state index in [1.54, 1.807) is 0 Å². The van der Waals surface area contributed by atoms with Crippen LogP contribution < -0.4 is 10.1 Å². The molecule has 0 spiro atoms. The van der Waals surface area contributed by atoms with Crippen LogP contribution >= 0.6 is 0 Å². The molecule has 2 aromatic heterocycles. The molecule has 0 aliphatic carbocycles. The van der Waals surface area contributed by atoms with Crippen LogP contribution in [-0.2, 0) is 11.3 Å². The number of hydrogen-bond donors (Lipinski definition) is 1. The van der Waals surface area contributed by atoms with Crippen molar-refractivity contribution < 1.29 is 18.4 Å². The second kappa shape index (κ2) is 8.37. The zero-order chi connectivity index (χ0) is 18.5. The minimum atomic E-state index is -0.0290. The smallest absolute Gasteiger partial charge is 0.290 e. The predicted octanol–water partition coefficient (Wildman–Crippen LogP) is 4.02. The van der Waals surface area contributed by atoms with Crippen LogP contribution in [0.2, 0.25) is 0 Å². The third-order valence-corrected chi connectivity index (χ3v) is 4.64. The molecule has 3 aromatic rings. The molecule has 0 bridgehead atoms. The highest BCUT2D eigenvalue weighted by Crippen LogP contribution is 2.30. The Kier molecular flexibility index (Phi) is 5.50. The van der Waals surface area contributed by atoms with Gasteiger partial charge in [-0.3, -0.25) is 5.32 Å². The van der Waals surface area contributed by atoms with Crippen molar-refractivity contribution in [1.82, 2.24) is 15.5 Å². The Morgan fingerprint density at radius 2 is 1.96 bits per heavy atom. The van der Waals surface area contributed by atoms with E-state index in [2.05, 4.69) is 15.5 Å². The van der Waals surface area contributed by atoms with Crippen molar-refractivity contribution >= 4 is 0 Å². The Morgan fingerprint density at radius 3 is 2.70 bits per heavy atom. The maximum absolute atomic E-state index is 5.79. The molecular formula is C20H23N3O4. The molecule has 3 heterocycles. The Balaban J connectivity index is 1.41. The van der Waals surface area contributed by atoms with Gasteiger partial charge in [-0.1, -0.05) is 23.4 Å². The molecule has 1 N–H and O–H groups in total. The van der Waals surface area contributed by atoms with Crippen molar-refractivity contribution in [1.29, 1.82) is 0 Å². The van der Waals surface area contributed by atoms with E-state index in [0.29, 0.717) is 30.1 Å². The quantitative estimate of drug-likeness (QED) is 0.673. The lowest BCUT2D eigenvalue weighted by Crippen LogP contribution is -2.32. The molecule has 0 radical (unpaired) electrons. The maximum Gasteiger partial charge on any atom is 0.290 e. The van der Waals surface area contributed by atoms with Crippen LogP contribution in [0.3, 0.4) is 0 Å². The van der Waals surface area contributed by atoms with Crippen molar-refractivity contribution in [3.63, 3.8) is 0 Å². The van der Waals surface area contributed by atoms with Gasteiger partial charge in [-0.15, -0.1) is 0 Å². The van der Waals surface area contributed by atoms with Gasteiger partial charge < -0.3 is 18.4 Å². The number of rotatable bonds is 7. The summed E-state index contributed by atoms with van der Waals surface area (Å²) in [6.45, 7) is 3.88. The summed E-state index contributed by atoms with van der Waals surface area (Å²) in [5.74, 6) is 3.64. The molecule has 0 unspecified atom stereocenters. The second-order valence-electron chi connectivity index (χ2n) is 6.62. The Hall–Kier alpha value is -2.64. The zero-order valence-electron chi connectivity index (χ0n) is 15.3. The summed E-state index contributed by atoms with van der Waals surface area (Å²) >= 11 is 0. The molecule has 1 fully saturated rings. The van der Waals surface area contributed by atoms with E-state index in [4.69, 9.17) is 18.4 Å². The predicted molar refractivity (Wildman–Crippen MR) is 97.4 cm³/mol. The maximum atomic E-state index is 5.79. The molecule has 27 heavy (non-hydrogen) atoms. The summed E-state index contributed by atoms with van der Waals surface area (Å²) < 4.78 is 22.4. The van der Waals surface area contributed by atoms with Crippen LogP contribution in [0.15, 0.2) is 51.4 Å². The van der Waals surface area contributed by atoms with Gasteiger partial charge in [-0.25, -0.2) is 0 Å². The van der Waals surface area contributed by atoms with Gasteiger partial charge in [0, 0.05) is 19.3 Å². The van der Waals surface area contributed by atoms with Crippen molar-refractivity contribution in [2.24, 2.45) is 5.92 Å². The summed E-state index contributed by atoms with van der Waals surface area (Å²) in [5.41, 5.74) is 0. The van der Waals surface area contributed by atoms with E-state index in [1.165, 1.54) is 0 Å². The van der Waals surface area contributed by atoms with E-state index in [1.807, 2.05) is 49.4 Å². The lowest BCUT2D eigenvalue weighted by atomic mass is 9.91. The third kappa shape index (κ3) is 4.56. The monoisotopic (exact) mass is 369 g/mol. The molecule has 1 aromatic carbocycles. The topological polar surface area (TPSA) is 82.6 Å². The van der Waals surface area contributed by atoms with Gasteiger partial charge in [-0.2, -0.15) is 4.98 Å². The summed E-state index contributed by atoms with van der Waals surface area (Å²) in [5, 5.41) is 7.45. The van der Waals surface area contributed by atoms with E-state index in [9.17, 15) is 0 Å². The van der Waals surface area contributed by atoms with Crippen molar-refractivity contribution in [3.05, 3.63) is 59.9 Å². The SMILES string of the molecule is Cc1noc([C@H](NCc2ccc(Oc3ccccc3)o2)C2CCOCC2)n1. The number of ether oxygens (including phenoxy) is 2. The largest absolute Gasteiger partial charge is 0.429 e. The van der Waals surface area contributed by atoms with Crippen LogP contribution in [0.1, 0.15) is 36.4 Å². The summed E-state index contributed by atoms with van der Waals surface area (Å²) in [6, 6.07) is 13.3. The van der Waals surface area contributed by atoms with Crippen LogP contribution in [0.5, 0.6) is 11.7 Å². The number of para-hydroxylation sites is 1. The number of nitrogens with one attached hydrogen (secondary N) is 1. The van der Waals surface area contributed by atoms with Crippen LogP contribution in [-0.4, -0.2) is 23.4 Å². The standard InChI is InChI=1S/C20H23N3O4/c1-14-22-20(27-23-14)19(15-9-11-24-12-10-15)21-13-17-7-8-18(26-17)25-16-5-3-2-4-6-16/h2-8,15,19,21H,9-13H2,1H3/t19-/m1/s1. The summed E-state index contributed by atoms with van der Waals surface area (Å²) in [6.07, 6.45) is 1.92. The second-order valence-corrected chi connectivity index (χ2v) is 6.62. The van der Waals surface area contributed by atoms with Crippen LogP contribution in [0, 0.1) is 12.8 Å². The number of aryl methyl sites for hydroxylation is 1. The van der Waals surface area contributed by atoms with Gasteiger partial charge in [0.2, 0.25) is 5.89 Å². The molecular weight excluding hydrogens is 346 g/mol. The van der Waals surface area contributed by atoms with Gasteiger partial charge >= 0.3 is 0 Å². The van der Waals surface area contributed by atoms with Crippen LogP contribution in [0.4, 0.5) is 0 Å². The molecule has 1 atom stereocenters. The van der Waals surface area contributed by atoms with E-state index in [0.717, 1.165) is 37.6 Å². The number of hydrogen-bond acceptors (Lipinski definition) is 7. The van der Waals surface area contributed by atoms with Crippen molar-refractivity contribution in [2.75, 3.05) is 13.2 Å². The Morgan fingerprint density at radius 1 is 1.15 bits per heavy atom. The third-order valence-electron chi connectivity index (χ3n) is 4.64. The number of nitrogens with zero attached hydrogens (tertiary/aromatic N) is 2. The number of furan rings is 1. The normalized spacial score (nSPS) is 16.3. The molecule has 0 saturated carbocycles. The fraction of sp³-hybridized carbons (Fsp3) is 0.400. The Bertz CT molecular complexity index is 840.